The van der Waals surface area contributed by atoms with E-state index in [1.165, 1.54) is 0 Å². The molecule has 72 valence electrons. The normalized spacial score (nSPS) is 12.1. The topological polar surface area (TPSA) is 40.1 Å². The fourth-order valence-electron chi connectivity index (χ4n) is 1.46. The molecule has 2 aromatic carbocycles. The Hall–Kier alpha value is -0.190. The molecular weight excluding hydrogens is 219 g/mol. The summed E-state index contributed by atoms with van der Waals surface area (Å²) in [5, 5.41) is 2.21. The molecule has 0 fully saturated rings. The first-order valence-corrected chi connectivity index (χ1v) is 5.53. The van der Waals surface area contributed by atoms with Gasteiger partial charge in [0.15, 0.2) is 0 Å². The van der Waals surface area contributed by atoms with Gasteiger partial charge in [-0.1, -0.05) is 53.5 Å². The molecule has 0 bridgehead atoms. The molecule has 0 saturated heterocycles. The second-order valence-electron chi connectivity index (χ2n) is 3.13. The zero-order valence-electron chi connectivity index (χ0n) is 8.47. The van der Waals surface area contributed by atoms with Crippen LogP contribution in [0.1, 0.15) is 5.56 Å². The third-order valence-corrected chi connectivity index (χ3v) is 2.67. The molecule has 0 aliphatic carbocycles. The molecule has 2 nitrogen and oxygen atoms in total. The smallest absolute Gasteiger partial charge is 0.772 e. The monoisotopic (exact) mass is 228 g/mol. The van der Waals surface area contributed by atoms with Gasteiger partial charge in [0.05, 0.1) is 0 Å². The van der Waals surface area contributed by atoms with Crippen LogP contribution in [0.4, 0.5) is 0 Å². The molecule has 0 saturated carbocycles. The van der Waals surface area contributed by atoms with Gasteiger partial charge in [0.25, 0.3) is 0 Å². The van der Waals surface area contributed by atoms with Gasteiger partial charge in [-0.05, 0) is 16.3 Å². The van der Waals surface area contributed by atoms with Gasteiger partial charge < -0.3 is 4.55 Å². The maximum Gasteiger partial charge on any atom is 1.00 e. The van der Waals surface area contributed by atoms with Crippen molar-refractivity contribution in [3.63, 3.8) is 0 Å². The van der Waals surface area contributed by atoms with Gasteiger partial charge in [0.2, 0.25) is 0 Å². The predicted octanol–water partition coefficient (Wildman–Crippen LogP) is -0.777. The van der Waals surface area contributed by atoms with E-state index in [4.69, 9.17) is 0 Å². The largest absolute Gasteiger partial charge is 1.00 e. The van der Waals surface area contributed by atoms with Crippen molar-refractivity contribution in [1.82, 2.24) is 0 Å². The van der Waals surface area contributed by atoms with Crippen molar-refractivity contribution in [1.29, 1.82) is 0 Å². The van der Waals surface area contributed by atoms with Gasteiger partial charge in [-0.25, -0.2) is 0 Å². The molecule has 1 unspecified atom stereocenters. The SMILES string of the molecule is O=S([O-])Cc1ccc2ccccc2c1.[Na+]. The van der Waals surface area contributed by atoms with Crippen LogP contribution in [0.5, 0.6) is 0 Å². The number of benzene rings is 2. The summed E-state index contributed by atoms with van der Waals surface area (Å²) in [7, 11) is 0. The molecule has 0 heterocycles. The zero-order valence-corrected chi connectivity index (χ0v) is 11.3. The number of hydrogen-bond acceptors (Lipinski definition) is 2. The molecule has 0 radical (unpaired) electrons. The van der Waals surface area contributed by atoms with Crippen molar-refractivity contribution in [3.05, 3.63) is 48.0 Å². The third-order valence-electron chi connectivity index (χ3n) is 2.10. The summed E-state index contributed by atoms with van der Waals surface area (Å²) in [5.74, 6) is 0.0881. The molecule has 0 spiro atoms. The Kier molecular flexibility index (Phi) is 4.96. The van der Waals surface area contributed by atoms with Gasteiger partial charge in [-0.3, -0.25) is 4.21 Å². The van der Waals surface area contributed by atoms with Crippen LogP contribution in [0.25, 0.3) is 10.8 Å². The minimum atomic E-state index is -2.01. The summed E-state index contributed by atoms with van der Waals surface area (Å²) < 4.78 is 21.0. The zero-order chi connectivity index (χ0) is 9.97. The fourth-order valence-corrected chi connectivity index (χ4v) is 1.92. The summed E-state index contributed by atoms with van der Waals surface area (Å²) in [6.45, 7) is 0. The van der Waals surface area contributed by atoms with Gasteiger partial charge in [0, 0.05) is 5.75 Å². The minimum Gasteiger partial charge on any atom is -0.772 e. The molecule has 0 N–H and O–H groups in total. The Labute approximate surface area is 113 Å². The summed E-state index contributed by atoms with van der Waals surface area (Å²) in [5.41, 5.74) is 0.831. The molecular formula is C11H9NaO2S. The quantitative estimate of drug-likeness (QED) is 0.500. The molecule has 2 rings (SSSR count). The molecule has 0 aliphatic rings. The number of fused-ring (bicyclic) bond motifs is 1. The molecule has 15 heavy (non-hydrogen) atoms. The number of rotatable bonds is 2. The van der Waals surface area contributed by atoms with E-state index in [1.54, 1.807) is 0 Å². The first kappa shape index (κ1) is 12.9. The van der Waals surface area contributed by atoms with Crippen LogP contribution in [0.2, 0.25) is 0 Å². The van der Waals surface area contributed by atoms with Crippen LogP contribution in [0.3, 0.4) is 0 Å². The van der Waals surface area contributed by atoms with Gasteiger partial charge >= 0.3 is 29.6 Å². The molecule has 1 atom stereocenters. The van der Waals surface area contributed by atoms with Gasteiger partial charge in [-0.15, -0.1) is 0 Å². The Morgan fingerprint density at radius 2 is 1.73 bits per heavy atom. The fraction of sp³-hybridized carbons (Fsp3) is 0.0909. The average Bonchev–Trinajstić information content (AvgIpc) is 2.17. The van der Waals surface area contributed by atoms with E-state index in [0.717, 1.165) is 16.3 Å². The molecule has 0 aromatic heterocycles. The minimum absolute atomic E-state index is 0. The summed E-state index contributed by atoms with van der Waals surface area (Å²) >= 11 is -2.01. The summed E-state index contributed by atoms with van der Waals surface area (Å²) in [6, 6.07) is 13.6. The van der Waals surface area contributed by atoms with Crippen LogP contribution in [0.15, 0.2) is 42.5 Å². The Morgan fingerprint density at radius 3 is 2.40 bits per heavy atom. The second-order valence-corrected chi connectivity index (χ2v) is 4.03. The summed E-state index contributed by atoms with van der Waals surface area (Å²) in [4.78, 5) is 0. The van der Waals surface area contributed by atoms with Crippen LogP contribution >= 0.6 is 0 Å². The van der Waals surface area contributed by atoms with Gasteiger partial charge in [-0.2, -0.15) is 0 Å². The van der Waals surface area contributed by atoms with E-state index in [1.807, 2.05) is 42.5 Å². The van der Waals surface area contributed by atoms with E-state index >= 15 is 0 Å². The second kappa shape index (κ2) is 5.77. The van der Waals surface area contributed by atoms with Crippen LogP contribution in [-0.4, -0.2) is 8.76 Å². The molecule has 0 amide bonds. The van der Waals surface area contributed by atoms with Crippen molar-refractivity contribution < 1.29 is 38.3 Å². The molecule has 2 aromatic rings. The van der Waals surface area contributed by atoms with Crippen molar-refractivity contribution in [2.24, 2.45) is 0 Å². The van der Waals surface area contributed by atoms with Crippen molar-refractivity contribution in [2.75, 3.05) is 0 Å². The van der Waals surface area contributed by atoms with Crippen LogP contribution < -0.4 is 29.6 Å². The van der Waals surface area contributed by atoms with Crippen LogP contribution in [-0.2, 0) is 16.8 Å². The van der Waals surface area contributed by atoms with E-state index in [-0.39, 0.29) is 35.3 Å². The third kappa shape index (κ3) is 3.40. The van der Waals surface area contributed by atoms with Crippen molar-refractivity contribution >= 4 is 21.9 Å². The van der Waals surface area contributed by atoms with Crippen molar-refractivity contribution in [3.8, 4) is 0 Å². The standard InChI is InChI=1S/C11H10O2S.Na/c12-14(13)8-9-5-6-10-3-1-2-4-11(10)7-9;/h1-7H,8H2,(H,12,13);/q;+1/p-1. The van der Waals surface area contributed by atoms with Gasteiger partial charge in [0.1, 0.15) is 0 Å². The first-order valence-electron chi connectivity index (χ1n) is 4.29. The van der Waals surface area contributed by atoms with E-state index in [2.05, 4.69) is 0 Å². The summed E-state index contributed by atoms with van der Waals surface area (Å²) in [6.07, 6.45) is 0. The Balaban J connectivity index is 0.00000112. The maximum atomic E-state index is 10.5. The first-order chi connectivity index (χ1) is 6.75. The van der Waals surface area contributed by atoms with E-state index in [9.17, 15) is 8.76 Å². The molecule has 0 aliphatic heterocycles. The van der Waals surface area contributed by atoms with Crippen molar-refractivity contribution in [2.45, 2.75) is 5.75 Å². The van der Waals surface area contributed by atoms with Crippen LogP contribution in [0, 0.1) is 0 Å². The Bertz CT molecular complexity index is 485. The maximum absolute atomic E-state index is 10.5. The Morgan fingerprint density at radius 1 is 1.07 bits per heavy atom. The van der Waals surface area contributed by atoms with E-state index < -0.39 is 11.1 Å². The number of hydrogen-bond donors (Lipinski definition) is 0. The predicted molar refractivity (Wildman–Crippen MR) is 56.6 cm³/mol. The van der Waals surface area contributed by atoms with E-state index in [0.29, 0.717) is 0 Å². The average molecular weight is 228 g/mol. The molecule has 4 heteroatoms.